The van der Waals surface area contributed by atoms with Gasteiger partial charge in [0.15, 0.2) is 6.61 Å². The van der Waals surface area contributed by atoms with Gasteiger partial charge in [0.05, 0.1) is 4.92 Å². The topological polar surface area (TPSA) is 117 Å². The molecule has 0 unspecified atom stereocenters. The van der Waals surface area contributed by atoms with Gasteiger partial charge < -0.3 is 9.47 Å². The Morgan fingerprint density at radius 2 is 1.82 bits per heavy atom. The molecule has 9 heteroatoms. The summed E-state index contributed by atoms with van der Waals surface area (Å²) in [5.74, 6) is -0.665. The van der Waals surface area contributed by atoms with Crippen molar-refractivity contribution < 1.29 is 28.8 Å². The minimum atomic E-state index is -0.837. The highest BCUT2D eigenvalue weighted by molar-refractivity contribution is 5.74. The summed E-state index contributed by atoms with van der Waals surface area (Å²) in [6.45, 7) is 4.48. The highest BCUT2D eigenvalue weighted by Crippen LogP contribution is 2.17. The summed E-state index contributed by atoms with van der Waals surface area (Å²) < 4.78 is 9.74. The van der Waals surface area contributed by atoms with E-state index in [9.17, 15) is 19.7 Å². The fourth-order valence-corrected chi connectivity index (χ4v) is 1.25. The second kappa shape index (κ2) is 7.36. The SMILES string of the molecule is CC(C)(C)OC(=O)NOCC(=O)Oc1ccc([N+](=O)[O-])cc1. The number of carbonyl (C=O) groups excluding carboxylic acids is 2. The molecule has 0 fully saturated rings. The largest absolute Gasteiger partial charge is 0.442 e. The van der Waals surface area contributed by atoms with Crippen LogP contribution in [0, 0.1) is 10.1 Å². The van der Waals surface area contributed by atoms with Crippen molar-refractivity contribution >= 4 is 17.7 Å². The number of nitrogens with zero attached hydrogens (tertiary/aromatic N) is 1. The number of nitrogens with one attached hydrogen (secondary N) is 1. The Bertz CT molecular complexity index is 549. The molecule has 0 bridgehead atoms. The van der Waals surface area contributed by atoms with Crippen LogP contribution >= 0.6 is 0 Å². The monoisotopic (exact) mass is 312 g/mol. The molecule has 22 heavy (non-hydrogen) atoms. The fourth-order valence-electron chi connectivity index (χ4n) is 1.25. The highest BCUT2D eigenvalue weighted by atomic mass is 16.7. The third-order valence-electron chi connectivity index (χ3n) is 2.02. The Labute approximate surface area is 126 Å². The van der Waals surface area contributed by atoms with Crippen molar-refractivity contribution in [3.63, 3.8) is 0 Å². The van der Waals surface area contributed by atoms with E-state index < -0.39 is 29.2 Å². The normalized spacial score (nSPS) is 10.7. The van der Waals surface area contributed by atoms with E-state index in [4.69, 9.17) is 9.47 Å². The molecular weight excluding hydrogens is 296 g/mol. The zero-order chi connectivity index (χ0) is 16.8. The highest BCUT2D eigenvalue weighted by Gasteiger charge is 2.16. The van der Waals surface area contributed by atoms with Crippen LogP contribution in [0.5, 0.6) is 5.75 Å². The lowest BCUT2D eigenvalue weighted by Crippen LogP contribution is -2.34. The molecule has 1 amide bonds. The first-order chi connectivity index (χ1) is 10.2. The quantitative estimate of drug-likeness (QED) is 0.382. The summed E-state index contributed by atoms with van der Waals surface area (Å²) in [5.41, 5.74) is 1.12. The molecule has 0 saturated heterocycles. The van der Waals surface area contributed by atoms with Gasteiger partial charge in [0, 0.05) is 12.1 Å². The number of hydrogen-bond acceptors (Lipinski definition) is 7. The maximum absolute atomic E-state index is 11.4. The molecule has 0 radical (unpaired) electrons. The third-order valence-corrected chi connectivity index (χ3v) is 2.02. The summed E-state index contributed by atoms with van der Waals surface area (Å²) in [6, 6.07) is 4.94. The summed E-state index contributed by atoms with van der Waals surface area (Å²) in [7, 11) is 0. The van der Waals surface area contributed by atoms with Crippen molar-refractivity contribution in [1.82, 2.24) is 5.48 Å². The minimum absolute atomic E-state index is 0.122. The molecule has 1 aromatic carbocycles. The van der Waals surface area contributed by atoms with Gasteiger partial charge in [0.1, 0.15) is 11.4 Å². The number of ether oxygens (including phenoxy) is 2. The van der Waals surface area contributed by atoms with E-state index in [1.165, 1.54) is 24.3 Å². The van der Waals surface area contributed by atoms with Gasteiger partial charge >= 0.3 is 12.1 Å². The minimum Gasteiger partial charge on any atom is -0.442 e. The van der Waals surface area contributed by atoms with Crippen LogP contribution in [0.4, 0.5) is 10.5 Å². The molecule has 0 aromatic heterocycles. The van der Waals surface area contributed by atoms with Crippen LogP contribution in [0.15, 0.2) is 24.3 Å². The van der Waals surface area contributed by atoms with Gasteiger partial charge in [-0.2, -0.15) is 5.48 Å². The molecule has 0 heterocycles. The van der Waals surface area contributed by atoms with Crippen LogP contribution in [0.1, 0.15) is 20.8 Å². The van der Waals surface area contributed by atoms with E-state index in [0.29, 0.717) is 0 Å². The van der Waals surface area contributed by atoms with E-state index in [1.54, 1.807) is 20.8 Å². The number of non-ortho nitro benzene ring substituents is 1. The number of amides is 1. The van der Waals surface area contributed by atoms with Crippen LogP contribution in [0.3, 0.4) is 0 Å². The molecule has 0 aliphatic rings. The number of hydroxylamine groups is 1. The van der Waals surface area contributed by atoms with Crippen molar-refractivity contribution in [2.45, 2.75) is 26.4 Å². The summed E-state index contributed by atoms with van der Waals surface area (Å²) >= 11 is 0. The van der Waals surface area contributed by atoms with Crippen LogP contribution < -0.4 is 10.2 Å². The molecule has 1 rings (SSSR count). The number of rotatable bonds is 5. The van der Waals surface area contributed by atoms with Crippen molar-refractivity contribution in [2.75, 3.05) is 6.61 Å². The molecule has 0 aliphatic heterocycles. The molecule has 0 atom stereocenters. The lowest BCUT2D eigenvalue weighted by atomic mass is 10.2. The molecule has 1 aromatic rings. The lowest BCUT2D eigenvalue weighted by Gasteiger charge is -2.19. The second-order valence-electron chi connectivity index (χ2n) is 5.12. The third kappa shape index (κ3) is 6.66. The maximum atomic E-state index is 11.4. The van der Waals surface area contributed by atoms with E-state index in [1.807, 2.05) is 5.48 Å². The van der Waals surface area contributed by atoms with Crippen molar-refractivity contribution in [3.05, 3.63) is 34.4 Å². The Morgan fingerprint density at radius 1 is 1.23 bits per heavy atom. The summed E-state index contributed by atoms with van der Waals surface area (Å²) in [4.78, 5) is 37.2. The maximum Gasteiger partial charge on any atom is 0.431 e. The number of nitro groups is 1. The number of nitro benzene ring substituents is 1. The zero-order valence-corrected chi connectivity index (χ0v) is 12.3. The second-order valence-corrected chi connectivity index (χ2v) is 5.12. The molecule has 120 valence electrons. The molecule has 0 saturated carbocycles. The molecule has 0 aliphatic carbocycles. The first-order valence-corrected chi connectivity index (χ1v) is 6.23. The van der Waals surface area contributed by atoms with Crippen molar-refractivity contribution in [3.8, 4) is 5.75 Å². The summed E-state index contributed by atoms with van der Waals surface area (Å²) in [5, 5.41) is 10.5. The van der Waals surface area contributed by atoms with Crippen molar-refractivity contribution in [2.24, 2.45) is 0 Å². The van der Waals surface area contributed by atoms with E-state index >= 15 is 0 Å². The zero-order valence-electron chi connectivity index (χ0n) is 12.3. The van der Waals surface area contributed by atoms with Crippen LogP contribution in [-0.2, 0) is 14.4 Å². The van der Waals surface area contributed by atoms with Crippen LogP contribution in [0.25, 0.3) is 0 Å². The first-order valence-electron chi connectivity index (χ1n) is 6.23. The van der Waals surface area contributed by atoms with Gasteiger partial charge in [-0.15, -0.1) is 0 Å². The molecular formula is C13H16N2O7. The van der Waals surface area contributed by atoms with Gasteiger partial charge in [-0.3, -0.25) is 15.0 Å². The average molecular weight is 312 g/mol. The smallest absolute Gasteiger partial charge is 0.431 e. The van der Waals surface area contributed by atoms with E-state index in [0.717, 1.165) is 0 Å². The average Bonchev–Trinajstić information content (AvgIpc) is 2.37. The molecule has 1 N–H and O–H groups in total. The predicted molar refractivity (Wildman–Crippen MR) is 74.1 cm³/mol. The van der Waals surface area contributed by atoms with E-state index in [-0.39, 0.29) is 11.4 Å². The Morgan fingerprint density at radius 3 is 2.32 bits per heavy atom. The van der Waals surface area contributed by atoms with Gasteiger partial charge in [0.2, 0.25) is 0 Å². The Balaban J connectivity index is 2.34. The Kier molecular flexibility index (Phi) is 5.81. The Hall–Kier alpha value is -2.68. The molecule has 9 nitrogen and oxygen atoms in total. The number of benzene rings is 1. The predicted octanol–water partition coefficient (Wildman–Crippen LogP) is 1.96. The van der Waals surface area contributed by atoms with Gasteiger partial charge in [-0.1, -0.05) is 0 Å². The number of hydrogen-bond donors (Lipinski definition) is 1. The lowest BCUT2D eigenvalue weighted by molar-refractivity contribution is -0.384. The van der Waals surface area contributed by atoms with Gasteiger partial charge in [-0.25, -0.2) is 9.59 Å². The first kappa shape index (κ1) is 17.4. The van der Waals surface area contributed by atoms with Crippen LogP contribution in [0.2, 0.25) is 0 Å². The van der Waals surface area contributed by atoms with E-state index in [2.05, 4.69) is 4.84 Å². The number of carbonyl (C=O) groups is 2. The fraction of sp³-hybridized carbons (Fsp3) is 0.385. The van der Waals surface area contributed by atoms with Gasteiger partial charge in [0.25, 0.3) is 5.69 Å². The molecule has 0 spiro atoms. The number of esters is 1. The summed E-state index contributed by atoms with van der Waals surface area (Å²) in [6.07, 6.45) is -0.837. The van der Waals surface area contributed by atoms with Gasteiger partial charge in [-0.05, 0) is 32.9 Å². The van der Waals surface area contributed by atoms with Crippen LogP contribution in [-0.4, -0.2) is 29.2 Å². The standard InChI is InChI=1S/C13H16N2O7/c1-13(2,3)22-12(17)14-20-8-11(16)21-10-6-4-9(5-7-10)15(18)19/h4-7H,8H2,1-3H3,(H,14,17). The van der Waals surface area contributed by atoms with Crippen molar-refractivity contribution in [1.29, 1.82) is 0 Å².